The predicted octanol–water partition coefficient (Wildman–Crippen LogP) is 7.10. The number of aliphatic hydroxyl groups excluding tert-OH is 1. The Balaban J connectivity index is 0.803. The van der Waals surface area contributed by atoms with Crippen molar-refractivity contribution in [1.82, 2.24) is 20.4 Å². The molecule has 15 heteroatoms. The number of likely N-dealkylation sites (tertiary alicyclic amines) is 2. The topological polar surface area (TPSA) is 174 Å². The summed E-state index contributed by atoms with van der Waals surface area (Å²) in [7, 11) is 0. The zero-order valence-electron chi connectivity index (χ0n) is 36.9. The lowest BCUT2D eigenvalue weighted by molar-refractivity contribution is -0.144. The number of thiophene rings is 1. The molecule has 4 N–H and O–H groups in total. The zero-order chi connectivity index (χ0) is 46.1. The highest BCUT2D eigenvalue weighted by Gasteiger charge is 2.44. The number of piperidine rings is 1. The van der Waals surface area contributed by atoms with Crippen molar-refractivity contribution < 1.29 is 43.2 Å². The molecular formula is C50H56FN5O8S. The summed E-state index contributed by atoms with van der Waals surface area (Å²) in [6, 6.07) is 26.7. The molecule has 0 saturated carbocycles. The summed E-state index contributed by atoms with van der Waals surface area (Å²) in [5, 5.41) is 36.1. The van der Waals surface area contributed by atoms with Gasteiger partial charge in [-0.05, 0) is 109 Å². The van der Waals surface area contributed by atoms with Gasteiger partial charge in [0.05, 0.1) is 42.4 Å². The molecule has 1 unspecified atom stereocenters. The first kappa shape index (κ1) is 47.1. The van der Waals surface area contributed by atoms with Gasteiger partial charge in [-0.15, -0.1) is 11.3 Å². The second kappa shape index (κ2) is 21.4. The Hall–Kier alpha value is -5.89. The zero-order valence-corrected chi connectivity index (χ0v) is 37.7. The van der Waals surface area contributed by atoms with Crippen LogP contribution in [0.15, 0.2) is 91.0 Å². The molecule has 3 atom stereocenters. The van der Waals surface area contributed by atoms with Crippen LogP contribution in [0.1, 0.15) is 62.6 Å². The van der Waals surface area contributed by atoms with E-state index in [1.807, 2.05) is 39.0 Å². The van der Waals surface area contributed by atoms with Crippen molar-refractivity contribution in [3.8, 4) is 33.8 Å². The van der Waals surface area contributed by atoms with Crippen molar-refractivity contribution in [2.75, 3.05) is 52.6 Å². The summed E-state index contributed by atoms with van der Waals surface area (Å²) < 4.78 is 32.5. The van der Waals surface area contributed by atoms with Crippen molar-refractivity contribution in [1.29, 1.82) is 5.26 Å². The molecule has 7 rings (SSSR count). The normalized spacial score (nSPS) is 17.4. The van der Waals surface area contributed by atoms with Crippen molar-refractivity contribution in [2.24, 2.45) is 5.41 Å². The molecule has 0 bridgehead atoms. The summed E-state index contributed by atoms with van der Waals surface area (Å²) in [5.74, 6) is 0.315. The van der Waals surface area contributed by atoms with E-state index in [9.17, 15) is 29.0 Å². The maximum atomic E-state index is 13.9. The molecule has 2 aliphatic heterocycles. The Labute approximate surface area is 382 Å². The van der Waals surface area contributed by atoms with Crippen LogP contribution >= 0.6 is 11.3 Å². The molecule has 13 nitrogen and oxygen atoms in total. The van der Waals surface area contributed by atoms with Gasteiger partial charge in [-0.25, -0.2) is 4.39 Å². The number of phenolic OH excluding ortho intramolecular Hbond substituents is 1. The number of phenols is 1. The van der Waals surface area contributed by atoms with E-state index in [0.717, 1.165) is 58.6 Å². The Morgan fingerprint density at radius 1 is 0.938 bits per heavy atom. The number of halogens is 1. The molecule has 4 aromatic carbocycles. The predicted molar refractivity (Wildman–Crippen MR) is 246 cm³/mol. The quantitative estimate of drug-likeness (QED) is 0.0706. The van der Waals surface area contributed by atoms with Crippen LogP contribution in [0.2, 0.25) is 0 Å². The van der Waals surface area contributed by atoms with Gasteiger partial charge in [0, 0.05) is 36.1 Å². The molecule has 5 aromatic rings. The first-order valence-electron chi connectivity index (χ1n) is 22.0. The van der Waals surface area contributed by atoms with E-state index in [1.165, 1.54) is 33.9 Å². The number of nitrogens with one attached hydrogen (secondary N) is 2. The fourth-order valence-electron chi connectivity index (χ4n) is 8.28. The molecule has 2 saturated heterocycles. The third-order valence-corrected chi connectivity index (χ3v) is 13.1. The summed E-state index contributed by atoms with van der Waals surface area (Å²) in [5.41, 5.74) is 2.69. The van der Waals surface area contributed by atoms with Crippen molar-refractivity contribution in [2.45, 2.75) is 70.7 Å². The molecule has 2 aliphatic rings. The number of hydrogen-bond donors (Lipinski definition) is 4. The number of hydrogen-bond acceptors (Lipinski definition) is 11. The monoisotopic (exact) mass is 905 g/mol. The van der Waals surface area contributed by atoms with Crippen LogP contribution in [0.5, 0.6) is 17.2 Å². The van der Waals surface area contributed by atoms with E-state index in [-0.39, 0.29) is 44.3 Å². The minimum absolute atomic E-state index is 0.0292. The molecule has 0 spiro atoms. The van der Waals surface area contributed by atoms with Gasteiger partial charge >= 0.3 is 0 Å². The number of nitrogens with zero attached hydrogens (tertiary/aromatic N) is 3. The van der Waals surface area contributed by atoms with Gasteiger partial charge in [0.25, 0.3) is 0 Å². The van der Waals surface area contributed by atoms with Gasteiger partial charge < -0.3 is 44.9 Å². The minimum atomic E-state index is -0.967. The number of benzene rings is 4. The first-order valence-corrected chi connectivity index (χ1v) is 22.8. The molecule has 2 fully saturated rings. The number of carbonyl (C=O) groups is 3. The molecule has 3 amide bonds. The van der Waals surface area contributed by atoms with Crippen molar-refractivity contribution in [3.05, 3.63) is 114 Å². The number of aliphatic hydroxyl groups is 1. The van der Waals surface area contributed by atoms with Crippen LogP contribution in [0, 0.1) is 22.6 Å². The van der Waals surface area contributed by atoms with Crippen molar-refractivity contribution >= 4 is 39.1 Å². The van der Waals surface area contributed by atoms with Gasteiger partial charge in [0.15, 0.2) is 5.75 Å². The number of nitriles is 1. The number of carbonyl (C=O) groups excluding carboxylic acids is 3. The van der Waals surface area contributed by atoms with Crippen LogP contribution in [0.4, 0.5) is 4.39 Å². The largest absolute Gasteiger partial charge is 0.508 e. The summed E-state index contributed by atoms with van der Waals surface area (Å²) >= 11 is 1.49. The molecule has 0 aliphatic carbocycles. The maximum absolute atomic E-state index is 13.9. The smallest absolute Gasteiger partial charge is 0.246 e. The van der Waals surface area contributed by atoms with Crippen LogP contribution in [-0.2, 0) is 30.4 Å². The first-order chi connectivity index (χ1) is 31.2. The van der Waals surface area contributed by atoms with Crippen molar-refractivity contribution in [3.63, 3.8) is 0 Å². The highest BCUT2D eigenvalue weighted by Crippen LogP contribution is 2.47. The Bertz CT molecular complexity index is 2460. The fraction of sp³-hybridized carbons (Fsp3) is 0.400. The molecule has 65 heavy (non-hydrogen) atoms. The number of rotatable bonds is 17. The van der Waals surface area contributed by atoms with Crippen LogP contribution in [0.25, 0.3) is 20.5 Å². The van der Waals surface area contributed by atoms with Gasteiger partial charge in [0.1, 0.15) is 36.0 Å². The SMILES string of the molecule is CC(C)(C)C(NC(=O)COCCOCCN1CCC(c2ccc(Oc3c(-c4ccc(F)cc4)sc4cc(O)ccc34)cc2)CC1)C(=O)N1C[C@H](O)C[C@H]1C(=O)NCc1ccc(C#N)cc1. The minimum Gasteiger partial charge on any atom is -0.508 e. The average molecular weight is 906 g/mol. The van der Waals surface area contributed by atoms with Gasteiger partial charge in [-0.1, -0.05) is 57.2 Å². The lowest BCUT2D eigenvalue weighted by Crippen LogP contribution is -2.58. The maximum Gasteiger partial charge on any atom is 0.246 e. The van der Waals surface area contributed by atoms with E-state index in [4.69, 9.17) is 19.5 Å². The number of fused-ring (bicyclic) bond motifs is 1. The second-order valence-electron chi connectivity index (χ2n) is 17.7. The lowest BCUT2D eigenvalue weighted by Gasteiger charge is -2.35. The summed E-state index contributed by atoms with van der Waals surface area (Å²) in [6.45, 7) is 9.04. The van der Waals surface area contributed by atoms with E-state index in [2.05, 4.69) is 33.7 Å². The molecule has 3 heterocycles. The van der Waals surface area contributed by atoms with Crippen LogP contribution in [-0.4, -0.2) is 109 Å². The van der Waals surface area contributed by atoms with Gasteiger partial charge in [0.2, 0.25) is 17.7 Å². The Morgan fingerprint density at radius 3 is 2.34 bits per heavy atom. The Morgan fingerprint density at radius 2 is 1.65 bits per heavy atom. The van der Waals surface area contributed by atoms with Gasteiger partial charge in [-0.3, -0.25) is 14.4 Å². The number of amides is 3. The third kappa shape index (κ3) is 12.3. The standard InChI is InChI=1S/C50H56FN5O8S/c1-50(2,3)47(49(61)56-30-39(58)26-42(56)48(60)53-29-33-6-4-32(28-52)5-7-33)54-44(59)31-63-25-24-62-23-22-55-20-18-35(19-21-55)34-10-15-40(16-11-34)64-45-41-17-14-38(57)27-43(41)65-46(45)36-8-12-37(51)13-9-36/h4-17,27,35,39,42,47,57-58H,18-26,29-31H2,1-3H3,(H,53,60)(H,54,59)/t39-,42+,47?/m1/s1. The molecule has 342 valence electrons. The van der Waals surface area contributed by atoms with Gasteiger partial charge in [-0.2, -0.15) is 5.26 Å². The number of β-amino-alcohol motifs (C(OH)–C–C–N with tert-alkyl or cyclic N) is 1. The highest BCUT2D eigenvalue weighted by atomic mass is 32.1. The lowest BCUT2D eigenvalue weighted by atomic mass is 9.85. The number of aromatic hydroxyl groups is 1. The molecule has 1 aromatic heterocycles. The highest BCUT2D eigenvalue weighted by molar-refractivity contribution is 7.22. The third-order valence-electron chi connectivity index (χ3n) is 11.9. The van der Waals surface area contributed by atoms with E-state index < -0.39 is 41.3 Å². The van der Waals surface area contributed by atoms with Crippen LogP contribution in [0.3, 0.4) is 0 Å². The molecule has 0 radical (unpaired) electrons. The van der Waals surface area contributed by atoms with Crippen LogP contribution < -0.4 is 15.4 Å². The second-order valence-corrected chi connectivity index (χ2v) is 18.7. The summed E-state index contributed by atoms with van der Waals surface area (Å²) in [4.78, 5) is 44.7. The average Bonchev–Trinajstić information content (AvgIpc) is 3.87. The van der Waals surface area contributed by atoms with E-state index in [0.29, 0.717) is 36.2 Å². The molecular weight excluding hydrogens is 850 g/mol. The van der Waals surface area contributed by atoms with E-state index in [1.54, 1.807) is 48.5 Å². The number of ether oxygens (including phenoxy) is 3. The summed E-state index contributed by atoms with van der Waals surface area (Å²) in [6.07, 6.45) is 1.22. The Kier molecular flexibility index (Phi) is 15.5. The fourth-order valence-corrected chi connectivity index (χ4v) is 9.44. The van der Waals surface area contributed by atoms with E-state index >= 15 is 0 Å².